The van der Waals surface area contributed by atoms with Crippen LogP contribution in [0.1, 0.15) is 30.4 Å². The summed E-state index contributed by atoms with van der Waals surface area (Å²) in [5.74, 6) is 0. The molecule has 2 heterocycles. The Labute approximate surface area is 144 Å². The number of nitrogens with zero attached hydrogens (tertiary/aromatic N) is 3. The minimum Gasteiger partial charge on any atom is -0.393 e. The quantitative estimate of drug-likeness (QED) is 0.727. The molecule has 0 aliphatic carbocycles. The molecule has 1 aromatic heterocycles. The molecule has 0 saturated carbocycles. The second-order valence-electron chi connectivity index (χ2n) is 6.63. The van der Waals surface area contributed by atoms with E-state index in [1.54, 1.807) is 0 Å². The van der Waals surface area contributed by atoms with E-state index in [9.17, 15) is 5.11 Å². The molecule has 1 aromatic carbocycles. The first kappa shape index (κ1) is 17.1. The van der Waals surface area contributed by atoms with E-state index in [0.717, 1.165) is 58.5 Å². The zero-order valence-corrected chi connectivity index (χ0v) is 14.3. The summed E-state index contributed by atoms with van der Waals surface area (Å²) < 4.78 is 1.99. The van der Waals surface area contributed by atoms with Gasteiger partial charge in [0.1, 0.15) is 0 Å². The van der Waals surface area contributed by atoms with Crippen LogP contribution in [0.3, 0.4) is 0 Å². The highest BCUT2D eigenvalue weighted by Crippen LogP contribution is 2.09. The lowest BCUT2D eigenvalue weighted by molar-refractivity contribution is 0.0821. The monoisotopic (exact) mass is 328 g/mol. The van der Waals surface area contributed by atoms with Gasteiger partial charge >= 0.3 is 0 Å². The number of aliphatic hydroxyl groups is 1. The summed E-state index contributed by atoms with van der Waals surface area (Å²) >= 11 is 0. The van der Waals surface area contributed by atoms with Gasteiger partial charge in [0.25, 0.3) is 0 Å². The van der Waals surface area contributed by atoms with Gasteiger partial charge in [-0.2, -0.15) is 5.10 Å². The first-order valence-electron chi connectivity index (χ1n) is 8.96. The van der Waals surface area contributed by atoms with Gasteiger partial charge in [-0.1, -0.05) is 30.3 Å². The minimum atomic E-state index is -0.0770. The molecule has 3 rings (SSSR count). The van der Waals surface area contributed by atoms with Crippen molar-refractivity contribution in [2.45, 2.75) is 38.5 Å². The van der Waals surface area contributed by atoms with E-state index < -0.39 is 0 Å². The number of hydrogen-bond acceptors (Lipinski definition) is 4. The van der Waals surface area contributed by atoms with E-state index in [1.807, 2.05) is 16.9 Å². The van der Waals surface area contributed by atoms with Gasteiger partial charge in [-0.15, -0.1) is 0 Å². The molecule has 0 spiro atoms. The third kappa shape index (κ3) is 5.44. The van der Waals surface area contributed by atoms with Gasteiger partial charge in [0.15, 0.2) is 0 Å². The lowest BCUT2D eigenvalue weighted by Gasteiger charge is -2.29. The summed E-state index contributed by atoms with van der Waals surface area (Å²) in [6.45, 7) is 5.89. The van der Waals surface area contributed by atoms with Gasteiger partial charge in [-0.3, -0.25) is 4.68 Å². The van der Waals surface area contributed by atoms with E-state index in [1.165, 1.54) is 11.1 Å². The second-order valence-corrected chi connectivity index (χ2v) is 6.63. The van der Waals surface area contributed by atoms with Crippen molar-refractivity contribution >= 4 is 0 Å². The van der Waals surface area contributed by atoms with Crippen molar-refractivity contribution in [3.63, 3.8) is 0 Å². The highest BCUT2D eigenvalue weighted by Gasteiger charge is 2.15. The number of aliphatic hydroxyl groups excluding tert-OH is 1. The van der Waals surface area contributed by atoms with E-state index in [0.29, 0.717) is 0 Å². The van der Waals surface area contributed by atoms with Crippen molar-refractivity contribution in [1.82, 2.24) is 20.0 Å². The molecule has 2 N–H and O–H groups in total. The van der Waals surface area contributed by atoms with E-state index in [2.05, 4.69) is 45.8 Å². The maximum Gasteiger partial charge on any atom is 0.0659 e. The molecule has 24 heavy (non-hydrogen) atoms. The van der Waals surface area contributed by atoms with Crippen LogP contribution in [-0.2, 0) is 13.1 Å². The van der Waals surface area contributed by atoms with Crippen LogP contribution in [0.15, 0.2) is 42.7 Å². The topological polar surface area (TPSA) is 53.3 Å². The Balaban J connectivity index is 1.31. The van der Waals surface area contributed by atoms with Crippen molar-refractivity contribution in [1.29, 1.82) is 0 Å². The molecule has 0 bridgehead atoms. The van der Waals surface area contributed by atoms with Crippen molar-refractivity contribution < 1.29 is 5.11 Å². The van der Waals surface area contributed by atoms with Crippen molar-refractivity contribution in [3.05, 3.63) is 53.9 Å². The fourth-order valence-electron chi connectivity index (χ4n) is 3.16. The first-order chi connectivity index (χ1) is 11.8. The molecule has 0 radical (unpaired) electrons. The minimum absolute atomic E-state index is 0.0770. The molecular weight excluding hydrogens is 300 g/mol. The van der Waals surface area contributed by atoms with Crippen LogP contribution >= 0.6 is 0 Å². The summed E-state index contributed by atoms with van der Waals surface area (Å²) in [7, 11) is 0. The molecule has 1 saturated heterocycles. The largest absolute Gasteiger partial charge is 0.393 e. The SMILES string of the molecule is OC1CCN(CCCNCc2cnn(Cc3ccccc3)c2)CC1. The predicted molar refractivity (Wildman–Crippen MR) is 95.8 cm³/mol. The van der Waals surface area contributed by atoms with Crippen LogP contribution in [0.5, 0.6) is 0 Å². The summed E-state index contributed by atoms with van der Waals surface area (Å²) in [6, 6.07) is 10.4. The average molecular weight is 328 g/mol. The van der Waals surface area contributed by atoms with Crippen LogP contribution in [0.4, 0.5) is 0 Å². The molecule has 0 atom stereocenters. The van der Waals surface area contributed by atoms with Gasteiger partial charge in [-0.05, 0) is 37.9 Å². The fraction of sp³-hybridized carbons (Fsp3) is 0.526. The van der Waals surface area contributed by atoms with Crippen LogP contribution < -0.4 is 5.32 Å². The third-order valence-electron chi connectivity index (χ3n) is 4.59. The Morgan fingerprint density at radius 1 is 1.12 bits per heavy atom. The van der Waals surface area contributed by atoms with Crippen molar-refractivity contribution in [2.24, 2.45) is 0 Å². The molecule has 5 heteroatoms. The highest BCUT2D eigenvalue weighted by atomic mass is 16.3. The Morgan fingerprint density at radius 3 is 2.71 bits per heavy atom. The highest BCUT2D eigenvalue weighted by molar-refractivity contribution is 5.15. The maximum absolute atomic E-state index is 9.51. The molecule has 0 amide bonds. The van der Waals surface area contributed by atoms with Crippen LogP contribution in [-0.4, -0.2) is 52.1 Å². The summed E-state index contributed by atoms with van der Waals surface area (Å²) in [5.41, 5.74) is 2.50. The number of benzene rings is 1. The molecule has 2 aromatic rings. The number of rotatable bonds is 8. The van der Waals surface area contributed by atoms with Gasteiger partial charge in [0.2, 0.25) is 0 Å². The lowest BCUT2D eigenvalue weighted by Crippen LogP contribution is -2.37. The Bertz CT molecular complexity index is 590. The molecule has 5 nitrogen and oxygen atoms in total. The molecule has 130 valence electrons. The second kappa shape index (κ2) is 8.97. The third-order valence-corrected chi connectivity index (χ3v) is 4.59. The zero-order valence-electron chi connectivity index (χ0n) is 14.3. The molecule has 1 fully saturated rings. The van der Waals surface area contributed by atoms with Crippen LogP contribution in [0.25, 0.3) is 0 Å². The molecule has 1 aliphatic heterocycles. The van der Waals surface area contributed by atoms with Crippen molar-refractivity contribution in [2.75, 3.05) is 26.2 Å². The predicted octanol–water partition coefficient (Wildman–Crippen LogP) is 1.87. The number of piperidine rings is 1. The number of hydrogen-bond donors (Lipinski definition) is 2. The summed E-state index contributed by atoms with van der Waals surface area (Å²) in [5, 5.41) is 17.4. The summed E-state index contributed by atoms with van der Waals surface area (Å²) in [6.07, 6.45) is 6.98. The first-order valence-corrected chi connectivity index (χ1v) is 8.96. The maximum atomic E-state index is 9.51. The van der Waals surface area contributed by atoms with Gasteiger partial charge < -0.3 is 15.3 Å². The van der Waals surface area contributed by atoms with Crippen LogP contribution in [0.2, 0.25) is 0 Å². The fourth-order valence-corrected chi connectivity index (χ4v) is 3.16. The van der Waals surface area contributed by atoms with Crippen molar-refractivity contribution in [3.8, 4) is 0 Å². The van der Waals surface area contributed by atoms with Gasteiger partial charge in [-0.25, -0.2) is 0 Å². The number of aromatic nitrogens is 2. The van der Waals surface area contributed by atoms with E-state index in [4.69, 9.17) is 0 Å². The molecular formula is C19H28N4O. The standard InChI is InChI=1S/C19H28N4O/c24-19-7-11-22(12-8-19)10-4-9-20-13-18-14-21-23(16-18)15-17-5-2-1-3-6-17/h1-3,5-6,14,16,19-20,24H,4,7-13,15H2. The number of likely N-dealkylation sites (tertiary alicyclic amines) is 1. The zero-order chi connectivity index (χ0) is 16.6. The van der Waals surface area contributed by atoms with E-state index >= 15 is 0 Å². The smallest absolute Gasteiger partial charge is 0.0659 e. The van der Waals surface area contributed by atoms with E-state index in [-0.39, 0.29) is 6.10 Å². The van der Waals surface area contributed by atoms with Gasteiger partial charge in [0, 0.05) is 31.4 Å². The Morgan fingerprint density at radius 2 is 1.92 bits per heavy atom. The lowest BCUT2D eigenvalue weighted by atomic mass is 10.1. The molecule has 0 unspecified atom stereocenters. The molecule has 1 aliphatic rings. The average Bonchev–Trinajstić information content (AvgIpc) is 3.04. The number of nitrogens with one attached hydrogen (secondary N) is 1. The summed E-state index contributed by atoms with van der Waals surface area (Å²) in [4.78, 5) is 2.45. The van der Waals surface area contributed by atoms with Crippen LogP contribution in [0, 0.1) is 0 Å². The van der Waals surface area contributed by atoms with Gasteiger partial charge in [0.05, 0.1) is 18.8 Å². The Hall–Kier alpha value is -1.69. The normalized spacial score (nSPS) is 16.5. The Kier molecular flexibility index (Phi) is 6.41.